The molecule has 0 unspecified atom stereocenters. The Morgan fingerprint density at radius 2 is 1.88 bits per heavy atom. The summed E-state index contributed by atoms with van der Waals surface area (Å²) in [5.74, 6) is 1.70. The zero-order valence-electron chi connectivity index (χ0n) is 13.8. The summed E-state index contributed by atoms with van der Waals surface area (Å²) in [6.45, 7) is 3.68. The first-order chi connectivity index (χ1) is 11.6. The topological polar surface area (TPSA) is 47.8 Å². The lowest BCUT2D eigenvalue weighted by Crippen LogP contribution is -2.00. The van der Waals surface area contributed by atoms with E-state index < -0.39 is 0 Å². The Morgan fingerprint density at radius 3 is 2.58 bits per heavy atom. The number of benzene rings is 2. The van der Waals surface area contributed by atoms with Crippen LogP contribution in [0.5, 0.6) is 0 Å². The lowest BCUT2D eigenvalue weighted by Gasteiger charge is -2.10. The summed E-state index contributed by atoms with van der Waals surface area (Å²) >= 11 is 1.56. The van der Waals surface area contributed by atoms with E-state index in [1.54, 1.807) is 18.7 Å². The van der Waals surface area contributed by atoms with E-state index in [0.29, 0.717) is 12.2 Å². The summed E-state index contributed by atoms with van der Waals surface area (Å²) in [5.41, 5.74) is 3.23. The van der Waals surface area contributed by atoms with Gasteiger partial charge in [0.2, 0.25) is 0 Å². The molecule has 0 atom stereocenters. The minimum atomic E-state index is 0.187. The largest absolute Gasteiger partial charge is 0.300 e. The van der Waals surface area contributed by atoms with Gasteiger partial charge in [-0.05, 0) is 32.0 Å². The third-order valence-corrected chi connectivity index (χ3v) is 4.54. The maximum Gasteiger partial charge on any atom is 0.196 e. The van der Waals surface area contributed by atoms with Crippen molar-refractivity contribution in [1.82, 2.24) is 14.8 Å². The lowest BCUT2D eigenvalue weighted by atomic mass is 10.1. The molecular formula is C19H19N3OS. The molecule has 0 amide bonds. The van der Waals surface area contributed by atoms with Crippen LogP contribution in [0, 0.1) is 6.92 Å². The first-order valence-corrected chi connectivity index (χ1v) is 8.84. The highest BCUT2D eigenvalue weighted by molar-refractivity contribution is 7.99. The molecule has 0 saturated carbocycles. The van der Waals surface area contributed by atoms with Gasteiger partial charge < -0.3 is 0 Å². The average molecular weight is 337 g/mol. The molecule has 2 aromatic carbocycles. The number of thioether (sulfide) groups is 1. The van der Waals surface area contributed by atoms with Gasteiger partial charge in [-0.25, -0.2) is 0 Å². The SMILES string of the molecule is CC(=O)CCSc1nnc(-c2cccc(C)c2)n1-c1ccccc1. The number of aryl methyl sites for hydroxylation is 1. The summed E-state index contributed by atoms with van der Waals surface area (Å²) in [4.78, 5) is 11.2. The van der Waals surface area contributed by atoms with E-state index in [2.05, 4.69) is 33.8 Å². The van der Waals surface area contributed by atoms with Crippen LogP contribution in [-0.2, 0) is 4.79 Å². The fourth-order valence-electron chi connectivity index (χ4n) is 2.43. The number of aromatic nitrogens is 3. The molecule has 1 heterocycles. The number of para-hydroxylation sites is 1. The summed E-state index contributed by atoms with van der Waals surface area (Å²) in [6.07, 6.45) is 0.534. The van der Waals surface area contributed by atoms with Crippen molar-refractivity contribution in [1.29, 1.82) is 0 Å². The highest BCUT2D eigenvalue weighted by Crippen LogP contribution is 2.28. The highest BCUT2D eigenvalue weighted by atomic mass is 32.2. The Morgan fingerprint density at radius 1 is 1.08 bits per heavy atom. The molecule has 1 aromatic heterocycles. The van der Waals surface area contributed by atoms with Gasteiger partial charge in [0.05, 0.1) is 0 Å². The Balaban J connectivity index is 2.03. The van der Waals surface area contributed by atoms with Crippen molar-refractivity contribution in [2.24, 2.45) is 0 Å². The van der Waals surface area contributed by atoms with E-state index in [1.165, 1.54) is 5.56 Å². The van der Waals surface area contributed by atoms with Gasteiger partial charge in [-0.1, -0.05) is 53.7 Å². The van der Waals surface area contributed by atoms with Crippen LogP contribution in [0.2, 0.25) is 0 Å². The first-order valence-electron chi connectivity index (χ1n) is 7.85. The molecule has 5 heteroatoms. The normalized spacial score (nSPS) is 10.8. The number of nitrogens with zero attached hydrogens (tertiary/aromatic N) is 3. The number of rotatable bonds is 6. The van der Waals surface area contributed by atoms with Crippen molar-refractivity contribution < 1.29 is 4.79 Å². The second-order valence-corrected chi connectivity index (χ2v) is 6.71. The third-order valence-electron chi connectivity index (χ3n) is 3.61. The second-order valence-electron chi connectivity index (χ2n) is 5.65. The number of carbonyl (C=O) groups excluding carboxylic acids is 1. The fraction of sp³-hybridized carbons (Fsp3) is 0.211. The van der Waals surface area contributed by atoms with Crippen molar-refractivity contribution in [2.45, 2.75) is 25.4 Å². The maximum atomic E-state index is 11.2. The molecule has 0 aliphatic carbocycles. The van der Waals surface area contributed by atoms with Gasteiger partial charge in [-0.2, -0.15) is 0 Å². The highest BCUT2D eigenvalue weighted by Gasteiger charge is 2.16. The quantitative estimate of drug-likeness (QED) is 0.629. The summed E-state index contributed by atoms with van der Waals surface area (Å²) in [5, 5.41) is 9.57. The molecule has 0 spiro atoms. The van der Waals surface area contributed by atoms with Gasteiger partial charge in [0.15, 0.2) is 11.0 Å². The lowest BCUT2D eigenvalue weighted by molar-refractivity contribution is -0.116. The molecule has 3 rings (SSSR count). The molecule has 3 aromatic rings. The van der Waals surface area contributed by atoms with Crippen LogP contribution in [0.4, 0.5) is 0 Å². The monoisotopic (exact) mass is 337 g/mol. The van der Waals surface area contributed by atoms with Gasteiger partial charge in [0.1, 0.15) is 5.78 Å². The minimum Gasteiger partial charge on any atom is -0.300 e. The summed E-state index contributed by atoms with van der Waals surface area (Å²) in [6, 6.07) is 18.3. The zero-order chi connectivity index (χ0) is 16.9. The molecule has 0 saturated heterocycles. The van der Waals surface area contributed by atoms with Crippen LogP contribution in [0.3, 0.4) is 0 Å². The van der Waals surface area contributed by atoms with Crippen LogP contribution in [0.25, 0.3) is 17.1 Å². The predicted molar refractivity (Wildman–Crippen MR) is 97.6 cm³/mol. The standard InChI is InChI=1S/C19H19N3OS/c1-14-7-6-8-16(13-14)18-20-21-19(24-12-11-15(2)23)22(18)17-9-4-3-5-10-17/h3-10,13H,11-12H2,1-2H3. The molecule has 0 N–H and O–H groups in total. The fourth-order valence-corrected chi connectivity index (χ4v) is 3.42. The molecule has 0 fully saturated rings. The van der Waals surface area contributed by atoms with Gasteiger partial charge in [-0.15, -0.1) is 10.2 Å². The van der Waals surface area contributed by atoms with Crippen LogP contribution in [0.15, 0.2) is 59.8 Å². The van der Waals surface area contributed by atoms with E-state index in [0.717, 1.165) is 22.2 Å². The predicted octanol–water partition coefficient (Wildman–Crippen LogP) is 4.31. The molecule has 122 valence electrons. The van der Waals surface area contributed by atoms with Crippen molar-refractivity contribution in [2.75, 3.05) is 5.75 Å². The molecular weight excluding hydrogens is 318 g/mol. The van der Waals surface area contributed by atoms with E-state index >= 15 is 0 Å². The number of hydrogen-bond acceptors (Lipinski definition) is 4. The zero-order valence-corrected chi connectivity index (χ0v) is 14.6. The Hall–Kier alpha value is -2.40. The maximum absolute atomic E-state index is 11.2. The van der Waals surface area contributed by atoms with Gasteiger partial charge >= 0.3 is 0 Å². The van der Waals surface area contributed by atoms with E-state index in [9.17, 15) is 4.79 Å². The van der Waals surface area contributed by atoms with Crippen molar-refractivity contribution in [3.63, 3.8) is 0 Å². The van der Waals surface area contributed by atoms with Gasteiger partial charge in [0.25, 0.3) is 0 Å². The van der Waals surface area contributed by atoms with Crippen LogP contribution >= 0.6 is 11.8 Å². The van der Waals surface area contributed by atoms with Crippen LogP contribution in [0.1, 0.15) is 18.9 Å². The van der Waals surface area contributed by atoms with Crippen LogP contribution < -0.4 is 0 Å². The first kappa shape index (κ1) is 16.5. The second kappa shape index (κ2) is 7.45. The van der Waals surface area contributed by atoms with E-state index in [4.69, 9.17) is 0 Å². The van der Waals surface area contributed by atoms with Crippen LogP contribution in [-0.4, -0.2) is 26.3 Å². The van der Waals surface area contributed by atoms with E-state index in [-0.39, 0.29) is 5.78 Å². The Kier molecular flexibility index (Phi) is 5.11. The summed E-state index contributed by atoms with van der Waals surface area (Å²) < 4.78 is 2.06. The molecule has 0 aliphatic rings. The number of hydrogen-bond donors (Lipinski definition) is 0. The molecule has 4 nitrogen and oxygen atoms in total. The number of carbonyl (C=O) groups is 1. The number of Topliss-reactive ketones (excluding diaryl/α,β-unsaturated/α-hetero) is 1. The Labute approximate surface area is 145 Å². The summed E-state index contributed by atoms with van der Waals surface area (Å²) in [7, 11) is 0. The van der Waals surface area contributed by atoms with Crippen molar-refractivity contribution in [3.05, 3.63) is 60.2 Å². The smallest absolute Gasteiger partial charge is 0.196 e. The molecule has 24 heavy (non-hydrogen) atoms. The minimum absolute atomic E-state index is 0.187. The average Bonchev–Trinajstić information content (AvgIpc) is 2.99. The van der Waals surface area contributed by atoms with Crippen molar-refractivity contribution >= 4 is 17.5 Å². The van der Waals surface area contributed by atoms with Gasteiger partial charge in [-0.3, -0.25) is 9.36 Å². The van der Waals surface area contributed by atoms with Crippen molar-refractivity contribution in [3.8, 4) is 17.1 Å². The Bertz CT molecular complexity index is 843. The van der Waals surface area contributed by atoms with E-state index in [1.807, 2.05) is 42.5 Å². The molecule has 0 aliphatic heterocycles. The number of ketones is 1. The van der Waals surface area contributed by atoms with Gasteiger partial charge in [0, 0.05) is 23.4 Å². The molecule has 0 radical (unpaired) electrons. The third kappa shape index (κ3) is 3.74. The molecule has 0 bridgehead atoms.